The summed E-state index contributed by atoms with van der Waals surface area (Å²) in [5.41, 5.74) is 2.22. The minimum Gasteiger partial charge on any atom is -0.466 e. The van der Waals surface area contributed by atoms with Crippen molar-refractivity contribution in [3.8, 4) is 0 Å². The normalized spacial score (nSPS) is 15.4. The molecular weight excluding hydrogens is 354 g/mol. The minimum atomic E-state index is -0.577. The summed E-state index contributed by atoms with van der Waals surface area (Å²) in [6.45, 7) is 7.78. The van der Waals surface area contributed by atoms with Crippen molar-refractivity contribution in [2.24, 2.45) is 5.92 Å². The molecule has 2 heterocycles. The van der Waals surface area contributed by atoms with Gasteiger partial charge < -0.3 is 15.1 Å². The molecule has 0 saturated carbocycles. The number of nitrogens with zero attached hydrogens (tertiary/aromatic N) is 1. The Hall–Kier alpha value is -2.60. The second-order valence-electron chi connectivity index (χ2n) is 7.54. The fraction of sp³-hybridized carbons (Fsp3) is 0.455. The van der Waals surface area contributed by atoms with Gasteiger partial charge in [0.2, 0.25) is 0 Å². The van der Waals surface area contributed by atoms with Gasteiger partial charge >= 0.3 is 11.8 Å². The standard InChI is InChI=1S/C22H29N3O3/c1-16-12-20(17(2)28-16)15-25-10-8-19(9-11-25)14-24-22(27)21(26)23-13-18-6-4-3-5-7-18/h3-7,12,19H,8-11,13-15H2,1-2H3,(H,23,26)(H,24,27). The number of aryl methyl sites for hydroxylation is 2. The molecule has 0 spiro atoms. The van der Waals surface area contributed by atoms with Gasteiger partial charge in [0.1, 0.15) is 11.5 Å². The van der Waals surface area contributed by atoms with E-state index in [0.29, 0.717) is 19.0 Å². The molecule has 6 heteroatoms. The highest BCUT2D eigenvalue weighted by Crippen LogP contribution is 2.21. The van der Waals surface area contributed by atoms with E-state index in [1.165, 1.54) is 5.56 Å². The fourth-order valence-electron chi connectivity index (χ4n) is 3.61. The molecule has 1 aromatic heterocycles. The van der Waals surface area contributed by atoms with Gasteiger partial charge in [-0.25, -0.2) is 0 Å². The van der Waals surface area contributed by atoms with Crippen LogP contribution in [0.4, 0.5) is 0 Å². The summed E-state index contributed by atoms with van der Waals surface area (Å²) < 4.78 is 5.60. The number of hydrogen-bond acceptors (Lipinski definition) is 4. The van der Waals surface area contributed by atoms with Gasteiger partial charge in [0.15, 0.2) is 0 Å². The first-order valence-electron chi connectivity index (χ1n) is 9.89. The van der Waals surface area contributed by atoms with Gasteiger partial charge in [-0.15, -0.1) is 0 Å². The van der Waals surface area contributed by atoms with Gasteiger partial charge in [-0.3, -0.25) is 14.5 Å². The van der Waals surface area contributed by atoms with Crippen molar-refractivity contribution in [1.29, 1.82) is 0 Å². The number of amides is 2. The Balaban J connectivity index is 1.35. The number of rotatable bonds is 6. The van der Waals surface area contributed by atoms with E-state index in [4.69, 9.17) is 4.42 Å². The van der Waals surface area contributed by atoms with E-state index in [1.807, 2.05) is 44.2 Å². The maximum atomic E-state index is 12.0. The maximum absolute atomic E-state index is 12.0. The molecule has 6 nitrogen and oxygen atoms in total. The molecule has 2 aromatic rings. The van der Waals surface area contributed by atoms with Crippen molar-refractivity contribution in [3.05, 3.63) is 59.0 Å². The van der Waals surface area contributed by atoms with Gasteiger partial charge in [-0.2, -0.15) is 0 Å². The van der Waals surface area contributed by atoms with Crippen molar-refractivity contribution in [1.82, 2.24) is 15.5 Å². The molecule has 0 radical (unpaired) electrons. The largest absolute Gasteiger partial charge is 0.466 e. The van der Waals surface area contributed by atoms with Gasteiger partial charge in [-0.1, -0.05) is 30.3 Å². The number of likely N-dealkylation sites (tertiary alicyclic amines) is 1. The van der Waals surface area contributed by atoms with Crippen LogP contribution in [0, 0.1) is 19.8 Å². The lowest BCUT2D eigenvalue weighted by Crippen LogP contribution is -2.43. The van der Waals surface area contributed by atoms with Crippen molar-refractivity contribution in [2.75, 3.05) is 19.6 Å². The molecule has 2 amide bonds. The van der Waals surface area contributed by atoms with Crippen LogP contribution in [0.3, 0.4) is 0 Å². The quantitative estimate of drug-likeness (QED) is 0.752. The summed E-state index contributed by atoms with van der Waals surface area (Å²) in [4.78, 5) is 26.4. The van der Waals surface area contributed by atoms with Crippen LogP contribution in [0.2, 0.25) is 0 Å². The van der Waals surface area contributed by atoms with E-state index < -0.39 is 11.8 Å². The Bertz CT molecular complexity index is 793. The number of carbonyl (C=O) groups is 2. The van der Waals surface area contributed by atoms with Crippen LogP contribution in [0.25, 0.3) is 0 Å². The van der Waals surface area contributed by atoms with Crippen molar-refractivity contribution in [3.63, 3.8) is 0 Å². The predicted molar refractivity (Wildman–Crippen MR) is 107 cm³/mol. The van der Waals surface area contributed by atoms with Gasteiger partial charge in [0.05, 0.1) is 0 Å². The molecule has 1 saturated heterocycles. The highest BCUT2D eigenvalue weighted by molar-refractivity contribution is 6.35. The van der Waals surface area contributed by atoms with Gasteiger partial charge in [-0.05, 0) is 57.3 Å². The van der Waals surface area contributed by atoms with Crippen LogP contribution in [0.15, 0.2) is 40.8 Å². The Labute approximate surface area is 166 Å². The summed E-state index contributed by atoms with van der Waals surface area (Å²) in [5, 5.41) is 5.44. The Morgan fingerprint density at radius 1 is 1.07 bits per heavy atom. The number of hydrogen-bond donors (Lipinski definition) is 2. The minimum absolute atomic E-state index is 0.360. The summed E-state index contributed by atoms with van der Waals surface area (Å²) in [7, 11) is 0. The molecule has 1 aliphatic heterocycles. The Kier molecular flexibility index (Phi) is 6.87. The summed E-state index contributed by atoms with van der Waals surface area (Å²) >= 11 is 0. The molecule has 3 rings (SSSR count). The third-order valence-electron chi connectivity index (χ3n) is 5.30. The van der Waals surface area contributed by atoms with E-state index in [2.05, 4.69) is 21.6 Å². The average molecular weight is 383 g/mol. The molecule has 1 fully saturated rings. The lowest BCUT2D eigenvalue weighted by molar-refractivity contribution is -0.139. The second-order valence-corrected chi connectivity index (χ2v) is 7.54. The topological polar surface area (TPSA) is 74.6 Å². The summed E-state index contributed by atoms with van der Waals surface area (Å²) in [6, 6.07) is 11.7. The molecule has 1 aromatic carbocycles. The first-order chi connectivity index (χ1) is 13.5. The third kappa shape index (κ3) is 5.70. The Morgan fingerprint density at radius 2 is 1.75 bits per heavy atom. The van der Waals surface area contributed by atoms with Crippen molar-refractivity contribution in [2.45, 2.75) is 39.8 Å². The Morgan fingerprint density at radius 3 is 2.39 bits per heavy atom. The van der Waals surface area contributed by atoms with Crippen LogP contribution in [-0.2, 0) is 22.7 Å². The zero-order valence-corrected chi connectivity index (χ0v) is 16.7. The third-order valence-corrected chi connectivity index (χ3v) is 5.30. The monoisotopic (exact) mass is 383 g/mol. The van der Waals surface area contributed by atoms with Crippen molar-refractivity contribution >= 4 is 11.8 Å². The van der Waals surface area contributed by atoms with Crippen LogP contribution < -0.4 is 10.6 Å². The van der Waals surface area contributed by atoms with E-state index in [-0.39, 0.29) is 0 Å². The number of piperidine rings is 1. The van der Waals surface area contributed by atoms with E-state index >= 15 is 0 Å². The van der Waals surface area contributed by atoms with Gasteiger partial charge in [0.25, 0.3) is 0 Å². The molecule has 0 bridgehead atoms. The smallest absolute Gasteiger partial charge is 0.309 e. The average Bonchev–Trinajstić information content (AvgIpc) is 3.02. The van der Waals surface area contributed by atoms with Crippen molar-refractivity contribution < 1.29 is 14.0 Å². The highest BCUT2D eigenvalue weighted by Gasteiger charge is 2.22. The SMILES string of the molecule is Cc1cc(CN2CCC(CNC(=O)C(=O)NCc3ccccc3)CC2)c(C)o1. The molecule has 1 aliphatic rings. The van der Waals surface area contributed by atoms with Crippen LogP contribution in [0.1, 0.15) is 35.5 Å². The van der Waals surface area contributed by atoms with E-state index in [9.17, 15) is 9.59 Å². The molecule has 0 aliphatic carbocycles. The first-order valence-corrected chi connectivity index (χ1v) is 9.89. The fourth-order valence-corrected chi connectivity index (χ4v) is 3.61. The maximum Gasteiger partial charge on any atom is 0.309 e. The lowest BCUT2D eigenvalue weighted by Gasteiger charge is -2.31. The number of nitrogens with one attached hydrogen (secondary N) is 2. The summed E-state index contributed by atoms with van der Waals surface area (Å²) in [5.74, 6) is 1.23. The van der Waals surface area contributed by atoms with Crippen LogP contribution >= 0.6 is 0 Å². The lowest BCUT2D eigenvalue weighted by atomic mass is 9.96. The predicted octanol–water partition coefficient (Wildman–Crippen LogP) is 2.54. The van der Waals surface area contributed by atoms with Crippen LogP contribution in [0.5, 0.6) is 0 Å². The summed E-state index contributed by atoms with van der Waals surface area (Å²) in [6.07, 6.45) is 2.03. The highest BCUT2D eigenvalue weighted by atomic mass is 16.3. The number of carbonyl (C=O) groups excluding carboxylic acids is 2. The van der Waals surface area contributed by atoms with E-state index in [0.717, 1.165) is 49.6 Å². The number of benzene rings is 1. The second kappa shape index (κ2) is 9.55. The number of furan rings is 1. The molecule has 28 heavy (non-hydrogen) atoms. The molecule has 0 atom stereocenters. The van der Waals surface area contributed by atoms with Gasteiger partial charge in [0, 0.05) is 25.2 Å². The van der Waals surface area contributed by atoms with Crippen LogP contribution in [-0.4, -0.2) is 36.3 Å². The first kappa shape index (κ1) is 20.1. The zero-order chi connectivity index (χ0) is 19.9. The molecule has 2 N–H and O–H groups in total. The molecular formula is C22H29N3O3. The van der Waals surface area contributed by atoms with E-state index in [1.54, 1.807) is 0 Å². The molecule has 0 unspecified atom stereocenters. The zero-order valence-electron chi connectivity index (χ0n) is 16.7. The molecule has 150 valence electrons.